The van der Waals surface area contributed by atoms with Crippen LogP contribution in [-0.4, -0.2) is 20.2 Å². The largest absolute Gasteiger partial charge is 0.504 e. The Morgan fingerprint density at radius 3 is 2.48 bits per heavy atom. The molecule has 4 N–H and O–H groups in total. The Balaban J connectivity index is 2.15. The molecule has 110 valence electrons. The molecule has 7 nitrogen and oxygen atoms in total. The Morgan fingerprint density at radius 2 is 1.86 bits per heavy atom. The maximum atomic E-state index is 10.7. The van der Waals surface area contributed by atoms with Crippen LogP contribution in [0.2, 0.25) is 0 Å². The third-order valence-electron chi connectivity index (χ3n) is 3.09. The highest BCUT2D eigenvalue weighted by Crippen LogP contribution is 2.37. The van der Waals surface area contributed by atoms with Crippen LogP contribution in [0.15, 0.2) is 30.3 Å². The topological polar surface area (TPSA) is 116 Å². The summed E-state index contributed by atoms with van der Waals surface area (Å²) in [7, 11) is 0. The van der Waals surface area contributed by atoms with Crippen LogP contribution in [0.5, 0.6) is 17.2 Å². The molecule has 2 aromatic rings. The summed E-state index contributed by atoms with van der Waals surface area (Å²) < 4.78 is 0. The van der Waals surface area contributed by atoms with Gasteiger partial charge >= 0.3 is 0 Å². The van der Waals surface area contributed by atoms with Crippen molar-refractivity contribution in [2.45, 2.75) is 13.5 Å². The lowest BCUT2D eigenvalue weighted by molar-refractivity contribution is -0.385. The van der Waals surface area contributed by atoms with E-state index in [2.05, 4.69) is 5.32 Å². The summed E-state index contributed by atoms with van der Waals surface area (Å²) in [5.74, 6) is -1.38. The van der Waals surface area contributed by atoms with Crippen LogP contribution in [0, 0.1) is 17.0 Å². The van der Waals surface area contributed by atoms with E-state index in [4.69, 9.17) is 0 Å². The van der Waals surface area contributed by atoms with Gasteiger partial charge in [-0.15, -0.1) is 0 Å². The Morgan fingerprint density at radius 1 is 1.14 bits per heavy atom. The maximum Gasteiger partial charge on any atom is 0.272 e. The Hall–Kier alpha value is -2.96. The van der Waals surface area contributed by atoms with Crippen LogP contribution in [-0.2, 0) is 6.54 Å². The van der Waals surface area contributed by atoms with Crippen LogP contribution in [0.25, 0.3) is 0 Å². The predicted octanol–water partition coefficient (Wildman–Crippen LogP) is 2.63. The van der Waals surface area contributed by atoms with Gasteiger partial charge < -0.3 is 20.6 Å². The number of nitro groups is 1. The Kier molecular flexibility index (Phi) is 3.84. The molecule has 0 unspecified atom stereocenters. The van der Waals surface area contributed by atoms with Crippen molar-refractivity contribution >= 4 is 11.4 Å². The fourth-order valence-electron chi connectivity index (χ4n) is 1.92. The third-order valence-corrected chi connectivity index (χ3v) is 3.09. The van der Waals surface area contributed by atoms with E-state index in [0.29, 0.717) is 16.8 Å². The number of rotatable bonds is 4. The monoisotopic (exact) mass is 290 g/mol. The normalized spacial score (nSPS) is 10.3. The number of hydrogen-bond donors (Lipinski definition) is 4. The van der Waals surface area contributed by atoms with Crippen molar-refractivity contribution in [3.8, 4) is 17.2 Å². The number of phenols is 3. The molecular formula is C14H14N2O5. The van der Waals surface area contributed by atoms with Crippen molar-refractivity contribution in [1.29, 1.82) is 0 Å². The van der Waals surface area contributed by atoms with Crippen molar-refractivity contribution in [3.05, 3.63) is 51.6 Å². The molecule has 0 aliphatic carbocycles. The molecule has 0 bridgehead atoms. The van der Waals surface area contributed by atoms with Gasteiger partial charge in [-0.05, 0) is 31.2 Å². The van der Waals surface area contributed by atoms with Crippen molar-refractivity contribution in [1.82, 2.24) is 0 Å². The van der Waals surface area contributed by atoms with Gasteiger partial charge in [-0.25, -0.2) is 0 Å². The van der Waals surface area contributed by atoms with Crippen LogP contribution >= 0.6 is 0 Å². The number of anilines is 1. The number of aromatic hydroxyl groups is 3. The summed E-state index contributed by atoms with van der Waals surface area (Å²) in [4.78, 5) is 10.3. The summed E-state index contributed by atoms with van der Waals surface area (Å²) in [5, 5.41) is 42.1. The number of aryl methyl sites for hydroxylation is 1. The smallest absolute Gasteiger partial charge is 0.272 e. The SMILES string of the molecule is Cc1cc(NCc2ccc(O)c(O)c2O)ccc1[N+](=O)[O-]. The molecule has 0 heterocycles. The fraction of sp³-hybridized carbons (Fsp3) is 0.143. The quantitative estimate of drug-likeness (QED) is 0.391. The molecule has 0 radical (unpaired) electrons. The minimum atomic E-state index is -0.575. The second-order valence-corrected chi connectivity index (χ2v) is 4.55. The van der Waals surface area contributed by atoms with E-state index in [-0.39, 0.29) is 12.2 Å². The first-order chi connectivity index (χ1) is 9.90. The van der Waals surface area contributed by atoms with Gasteiger partial charge in [-0.2, -0.15) is 0 Å². The van der Waals surface area contributed by atoms with E-state index in [1.54, 1.807) is 19.1 Å². The highest BCUT2D eigenvalue weighted by atomic mass is 16.6. The summed E-state index contributed by atoms with van der Waals surface area (Å²) in [6.07, 6.45) is 0. The van der Waals surface area contributed by atoms with Gasteiger partial charge in [0.2, 0.25) is 5.75 Å². The highest BCUT2D eigenvalue weighted by molar-refractivity contribution is 5.56. The van der Waals surface area contributed by atoms with Gasteiger partial charge in [0.05, 0.1) is 4.92 Å². The van der Waals surface area contributed by atoms with Crippen LogP contribution in [0.3, 0.4) is 0 Å². The van der Waals surface area contributed by atoms with Crippen molar-refractivity contribution in [2.75, 3.05) is 5.32 Å². The van der Waals surface area contributed by atoms with Crippen molar-refractivity contribution in [3.63, 3.8) is 0 Å². The molecule has 2 rings (SSSR count). The van der Waals surface area contributed by atoms with Gasteiger partial charge in [0.15, 0.2) is 11.5 Å². The highest BCUT2D eigenvalue weighted by Gasteiger charge is 2.12. The molecule has 0 saturated carbocycles. The van der Waals surface area contributed by atoms with Gasteiger partial charge in [0.25, 0.3) is 5.69 Å². The van der Waals surface area contributed by atoms with E-state index in [1.165, 1.54) is 18.2 Å². The number of hydrogen-bond acceptors (Lipinski definition) is 6. The molecule has 21 heavy (non-hydrogen) atoms. The van der Waals surface area contributed by atoms with Crippen LogP contribution in [0.1, 0.15) is 11.1 Å². The zero-order chi connectivity index (χ0) is 15.6. The molecule has 0 saturated heterocycles. The fourth-order valence-corrected chi connectivity index (χ4v) is 1.92. The zero-order valence-electron chi connectivity index (χ0n) is 11.2. The Labute approximate surface area is 120 Å². The van der Waals surface area contributed by atoms with E-state index in [1.807, 2.05) is 0 Å². The number of nitrogens with zero attached hydrogens (tertiary/aromatic N) is 1. The third kappa shape index (κ3) is 2.97. The van der Waals surface area contributed by atoms with Crippen molar-refractivity contribution < 1.29 is 20.2 Å². The minimum Gasteiger partial charge on any atom is -0.504 e. The van der Waals surface area contributed by atoms with Crippen LogP contribution < -0.4 is 5.32 Å². The minimum absolute atomic E-state index is 0.0330. The summed E-state index contributed by atoms with van der Waals surface area (Å²) in [6, 6.07) is 7.31. The average molecular weight is 290 g/mol. The van der Waals surface area contributed by atoms with Gasteiger partial charge in [0, 0.05) is 29.4 Å². The number of nitrogens with one attached hydrogen (secondary N) is 1. The zero-order valence-corrected chi connectivity index (χ0v) is 11.2. The molecule has 0 fully saturated rings. The second-order valence-electron chi connectivity index (χ2n) is 4.55. The van der Waals surface area contributed by atoms with E-state index in [0.717, 1.165) is 0 Å². The summed E-state index contributed by atoms with van der Waals surface area (Å²) in [6.45, 7) is 1.82. The molecule has 0 aliphatic heterocycles. The summed E-state index contributed by atoms with van der Waals surface area (Å²) in [5.41, 5.74) is 1.58. The van der Waals surface area contributed by atoms with Gasteiger partial charge in [-0.1, -0.05) is 0 Å². The second kappa shape index (κ2) is 5.58. The lowest BCUT2D eigenvalue weighted by Gasteiger charge is -2.10. The van der Waals surface area contributed by atoms with E-state index >= 15 is 0 Å². The number of phenolic OH excluding ortho intramolecular Hbond substituents is 3. The average Bonchev–Trinajstić information content (AvgIpc) is 2.44. The molecule has 7 heteroatoms. The van der Waals surface area contributed by atoms with Gasteiger partial charge in [0.1, 0.15) is 0 Å². The first-order valence-corrected chi connectivity index (χ1v) is 6.12. The number of benzene rings is 2. The van der Waals surface area contributed by atoms with E-state index in [9.17, 15) is 25.4 Å². The molecular weight excluding hydrogens is 276 g/mol. The molecule has 2 aromatic carbocycles. The molecule has 0 aliphatic rings. The maximum absolute atomic E-state index is 10.7. The van der Waals surface area contributed by atoms with Crippen molar-refractivity contribution in [2.24, 2.45) is 0 Å². The standard InChI is InChI=1S/C14H14N2O5/c1-8-6-10(3-4-11(8)16(20)21)15-7-9-2-5-12(17)14(19)13(9)18/h2-6,15,17-19H,7H2,1H3. The molecule has 0 amide bonds. The molecule has 0 aromatic heterocycles. The predicted molar refractivity (Wildman–Crippen MR) is 76.6 cm³/mol. The molecule has 0 atom stereocenters. The number of nitro benzene ring substituents is 1. The Bertz CT molecular complexity index is 700. The van der Waals surface area contributed by atoms with Gasteiger partial charge in [-0.3, -0.25) is 10.1 Å². The lowest BCUT2D eigenvalue weighted by Crippen LogP contribution is -2.01. The lowest BCUT2D eigenvalue weighted by atomic mass is 10.1. The van der Waals surface area contributed by atoms with Crippen LogP contribution in [0.4, 0.5) is 11.4 Å². The van der Waals surface area contributed by atoms with E-state index < -0.39 is 22.2 Å². The first kappa shape index (κ1) is 14.4. The summed E-state index contributed by atoms with van der Waals surface area (Å²) >= 11 is 0. The molecule has 0 spiro atoms. The first-order valence-electron chi connectivity index (χ1n) is 6.12.